The van der Waals surface area contributed by atoms with Gasteiger partial charge in [-0.15, -0.1) is 0 Å². The lowest BCUT2D eigenvalue weighted by molar-refractivity contribution is 0.00229. The van der Waals surface area contributed by atoms with E-state index >= 15 is 4.39 Å². The number of methoxy groups -OCH3 is 4. The smallest absolute Gasteiger partial charge is 0.217 e. The van der Waals surface area contributed by atoms with Gasteiger partial charge in [0.15, 0.2) is 11.6 Å². The Bertz CT molecular complexity index is 1490. The first-order chi connectivity index (χ1) is 20.1. The zero-order valence-electron chi connectivity index (χ0n) is 24.5. The number of halogens is 2. The highest BCUT2D eigenvalue weighted by atomic mass is 19.1. The topological polar surface area (TPSA) is 86.2 Å². The largest absolute Gasteiger partial charge is 0.494 e. The first-order valence-corrected chi connectivity index (χ1v) is 13.2. The summed E-state index contributed by atoms with van der Waals surface area (Å²) in [6.45, 7) is 0.430. The average Bonchev–Trinajstić information content (AvgIpc) is 3.01. The van der Waals surface area contributed by atoms with Gasteiger partial charge in [0.05, 0.1) is 34.4 Å². The molecule has 0 aliphatic heterocycles. The maximum Gasteiger partial charge on any atom is 0.217 e. The third kappa shape index (κ3) is 6.29. The first-order valence-electron chi connectivity index (χ1n) is 13.2. The van der Waals surface area contributed by atoms with Crippen molar-refractivity contribution in [1.29, 1.82) is 0 Å². The van der Waals surface area contributed by atoms with Crippen LogP contribution < -0.4 is 18.9 Å². The lowest BCUT2D eigenvalue weighted by Gasteiger charge is -2.39. The minimum Gasteiger partial charge on any atom is -0.494 e. The Morgan fingerprint density at radius 1 is 0.833 bits per heavy atom. The van der Waals surface area contributed by atoms with Crippen LogP contribution in [-0.4, -0.2) is 69.1 Å². The van der Waals surface area contributed by atoms with Crippen LogP contribution in [0.2, 0.25) is 0 Å². The number of rotatable bonds is 12. The number of benzene rings is 2. The normalized spacial score (nSPS) is 13.4. The van der Waals surface area contributed by atoms with Crippen LogP contribution in [0.1, 0.15) is 29.0 Å². The van der Waals surface area contributed by atoms with E-state index in [1.807, 2.05) is 19.0 Å². The molecular weight excluding hydrogens is 544 g/mol. The second kappa shape index (κ2) is 13.1. The summed E-state index contributed by atoms with van der Waals surface area (Å²) in [6.07, 6.45) is 1.74. The molecule has 0 aliphatic rings. The third-order valence-corrected chi connectivity index (χ3v) is 7.20. The second-order valence-electron chi connectivity index (χ2n) is 10.0. The van der Waals surface area contributed by atoms with E-state index in [1.165, 1.54) is 46.6 Å². The lowest BCUT2D eigenvalue weighted by atomic mass is 9.71. The lowest BCUT2D eigenvalue weighted by Crippen LogP contribution is -2.38. The fourth-order valence-electron chi connectivity index (χ4n) is 5.03. The molecule has 2 atom stereocenters. The summed E-state index contributed by atoms with van der Waals surface area (Å²) in [4.78, 5) is 10.7. The third-order valence-electron chi connectivity index (χ3n) is 7.20. The molecule has 4 rings (SSSR count). The van der Waals surface area contributed by atoms with E-state index in [1.54, 1.807) is 48.7 Å². The Labute approximate surface area is 244 Å². The number of pyridine rings is 2. The summed E-state index contributed by atoms with van der Waals surface area (Å²) in [6, 6.07) is 15.7. The molecular formula is C32H35F2N3O5. The van der Waals surface area contributed by atoms with Crippen LogP contribution in [0.4, 0.5) is 8.78 Å². The second-order valence-corrected chi connectivity index (χ2v) is 10.0. The van der Waals surface area contributed by atoms with Gasteiger partial charge in [0.25, 0.3) is 0 Å². The SMILES string of the molecule is COc1cc([C@@](O)(CCN(C)C)[C@@H](c2cc(-c3ccc(F)cc3)cnc2OC)c2cccc(OC)c2F)cc(OC)n1. The Hall–Kier alpha value is -4.28. The summed E-state index contributed by atoms with van der Waals surface area (Å²) >= 11 is 0. The Balaban J connectivity index is 2.09. The van der Waals surface area contributed by atoms with Crippen LogP contribution in [-0.2, 0) is 5.60 Å². The Kier molecular flexibility index (Phi) is 9.59. The van der Waals surface area contributed by atoms with Gasteiger partial charge in [-0.2, -0.15) is 4.98 Å². The quantitative estimate of drug-likeness (QED) is 0.238. The van der Waals surface area contributed by atoms with E-state index in [0.717, 1.165) is 0 Å². The van der Waals surface area contributed by atoms with Crippen molar-refractivity contribution in [1.82, 2.24) is 14.9 Å². The van der Waals surface area contributed by atoms with Crippen molar-refractivity contribution in [2.45, 2.75) is 17.9 Å². The highest BCUT2D eigenvalue weighted by Gasteiger charge is 2.44. The number of hydrogen-bond acceptors (Lipinski definition) is 8. The molecule has 2 aromatic carbocycles. The molecule has 0 bridgehead atoms. The van der Waals surface area contributed by atoms with Crippen LogP contribution in [0.5, 0.6) is 23.4 Å². The molecule has 222 valence electrons. The van der Waals surface area contributed by atoms with Gasteiger partial charge in [-0.05, 0) is 55.9 Å². The molecule has 2 aromatic heterocycles. The summed E-state index contributed by atoms with van der Waals surface area (Å²) in [7, 11) is 9.52. The van der Waals surface area contributed by atoms with E-state index in [9.17, 15) is 9.50 Å². The molecule has 2 heterocycles. The summed E-state index contributed by atoms with van der Waals surface area (Å²) < 4.78 is 51.8. The van der Waals surface area contributed by atoms with Crippen molar-refractivity contribution < 1.29 is 32.8 Å². The molecule has 0 fully saturated rings. The van der Waals surface area contributed by atoms with Crippen LogP contribution in [0.25, 0.3) is 11.1 Å². The number of aliphatic hydroxyl groups is 1. The summed E-state index contributed by atoms with van der Waals surface area (Å²) in [5.41, 5.74) is 0.469. The molecule has 10 heteroatoms. The van der Waals surface area contributed by atoms with E-state index in [2.05, 4.69) is 9.97 Å². The number of hydrogen-bond donors (Lipinski definition) is 1. The van der Waals surface area contributed by atoms with Crippen molar-refractivity contribution in [2.75, 3.05) is 49.1 Å². The molecule has 42 heavy (non-hydrogen) atoms. The molecule has 0 saturated carbocycles. The molecule has 0 unspecified atom stereocenters. The molecule has 0 aliphatic carbocycles. The average molecular weight is 580 g/mol. The Morgan fingerprint density at radius 3 is 2.07 bits per heavy atom. The van der Waals surface area contributed by atoms with Crippen LogP contribution >= 0.6 is 0 Å². The Morgan fingerprint density at radius 2 is 1.50 bits per heavy atom. The monoisotopic (exact) mass is 579 g/mol. The van der Waals surface area contributed by atoms with E-state index in [0.29, 0.717) is 28.8 Å². The van der Waals surface area contributed by atoms with E-state index in [-0.39, 0.29) is 41.2 Å². The minimum absolute atomic E-state index is 0.0129. The van der Waals surface area contributed by atoms with Crippen LogP contribution in [0.15, 0.2) is 66.9 Å². The zero-order chi connectivity index (χ0) is 30.4. The molecule has 0 amide bonds. The summed E-state index contributed by atoms with van der Waals surface area (Å²) in [5, 5.41) is 12.9. The predicted molar refractivity (Wildman–Crippen MR) is 155 cm³/mol. The van der Waals surface area contributed by atoms with Gasteiger partial charge < -0.3 is 29.0 Å². The number of nitrogens with zero attached hydrogens (tertiary/aromatic N) is 3. The van der Waals surface area contributed by atoms with Gasteiger partial charge in [-0.3, -0.25) is 0 Å². The van der Waals surface area contributed by atoms with Crippen LogP contribution in [0.3, 0.4) is 0 Å². The fourth-order valence-corrected chi connectivity index (χ4v) is 5.03. The molecule has 8 nitrogen and oxygen atoms in total. The standard InChI is InChI=1S/C32H35F2N3O5/c1-37(2)15-14-32(38,22-17-27(40-4)36-28(18-22)41-5)29(24-8-7-9-26(39-3)30(24)34)25-16-21(19-35-31(25)42-6)20-10-12-23(33)13-11-20/h7-13,16-19,29,38H,14-15H2,1-6H3/t29-,32+/m1/s1. The fraction of sp³-hybridized carbons (Fsp3) is 0.312. The first kappa shape index (κ1) is 30.7. The molecule has 0 spiro atoms. The number of ether oxygens (including phenoxy) is 4. The van der Waals surface area contributed by atoms with Crippen molar-refractivity contribution in [2.24, 2.45) is 0 Å². The molecule has 0 radical (unpaired) electrons. The maximum absolute atomic E-state index is 16.2. The van der Waals surface area contributed by atoms with Gasteiger partial charge >= 0.3 is 0 Å². The predicted octanol–water partition coefficient (Wildman–Crippen LogP) is 5.43. The molecule has 4 aromatic rings. The van der Waals surface area contributed by atoms with Gasteiger partial charge in [0.1, 0.15) is 11.4 Å². The zero-order valence-corrected chi connectivity index (χ0v) is 24.5. The molecule has 0 saturated heterocycles. The van der Waals surface area contributed by atoms with Gasteiger partial charge in [0, 0.05) is 41.6 Å². The van der Waals surface area contributed by atoms with Crippen molar-refractivity contribution >= 4 is 0 Å². The van der Waals surface area contributed by atoms with Crippen molar-refractivity contribution in [3.63, 3.8) is 0 Å². The van der Waals surface area contributed by atoms with Gasteiger partial charge in [0.2, 0.25) is 17.6 Å². The van der Waals surface area contributed by atoms with Gasteiger partial charge in [-0.1, -0.05) is 24.3 Å². The van der Waals surface area contributed by atoms with E-state index in [4.69, 9.17) is 18.9 Å². The highest BCUT2D eigenvalue weighted by molar-refractivity contribution is 5.65. The maximum atomic E-state index is 16.2. The van der Waals surface area contributed by atoms with E-state index < -0.39 is 17.3 Å². The molecule has 1 N–H and O–H groups in total. The minimum atomic E-state index is -1.78. The number of aromatic nitrogens is 2. The van der Waals surface area contributed by atoms with Crippen molar-refractivity contribution in [3.8, 4) is 34.5 Å². The highest BCUT2D eigenvalue weighted by Crippen LogP contribution is 2.49. The van der Waals surface area contributed by atoms with Crippen LogP contribution in [0, 0.1) is 11.6 Å². The van der Waals surface area contributed by atoms with Gasteiger partial charge in [-0.25, -0.2) is 13.8 Å². The summed E-state index contributed by atoms with van der Waals surface area (Å²) in [5.74, 6) is -1.48. The van der Waals surface area contributed by atoms with Crippen molar-refractivity contribution in [3.05, 3.63) is 95.2 Å².